The standard InChI is InChI=1S/C12H16ClNO3/c1-8(9-2-5-16-6-3-9)14-12(15)10-4-7-17-11(10)13/h4,7-9H,2-3,5-6H2,1H3,(H,14,15). The van der Waals surface area contributed by atoms with Crippen LogP contribution in [0.1, 0.15) is 30.1 Å². The predicted molar refractivity (Wildman–Crippen MR) is 64.2 cm³/mol. The first-order valence-corrected chi connectivity index (χ1v) is 6.18. The highest BCUT2D eigenvalue weighted by Crippen LogP contribution is 2.20. The van der Waals surface area contributed by atoms with Crippen LogP contribution in [0.15, 0.2) is 16.7 Å². The van der Waals surface area contributed by atoms with Gasteiger partial charge in [-0.1, -0.05) is 0 Å². The number of carbonyl (C=O) groups excluding carboxylic acids is 1. The summed E-state index contributed by atoms with van der Waals surface area (Å²) in [5.74, 6) is 0.293. The molecule has 2 rings (SSSR count). The lowest BCUT2D eigenvalue weighted by Gasteiger charge is -2.28. The van der Waals surface area contributed by atoms with Crippen LogP contribution >= 0.6 is 11.6 Å². The average Bonchev–Trinajstić information content (AvgIpc) is 2.76. The van der Waals surface area contributed by atoms with Gasteiger partial charge in [0.15, 0.2) is 0 Å². The highest BCUT2D eigenvalue weighted by atomic mass is 35.5. The second-order valence-corrected chi connectivity index (χ2v) is 4.66. The van der Waals surface area contributed by atoms with Gasteiger partial charge >= 0.3 is 0 Å². The van der Waals surface area contributed by atoms with Gasteiger partial charge in [0.05, 0.1) is 11.8 Å². The van der Waals surface area contributed by atoms with Gasteiger partial charge < -0.3 is 14.5 Å². The van der Waals surface area contributed by atoms with Crippen molar-refractivity contribution < 1.29 is 13.9 Å². The van der Waals surface area contributed by atoms with Crippen molar-refractivity contribution in [2.24, 2.45) is 5.92 Å². The van der Waals surface area contributed by atoms with Crippen LogP contribution in [0.3, 0.4) is 0 Å². The van der Waals surface area contributed by atoms with Crippen molar-refractivity contribution in [3.05, 3.63) is 23.1 Å². The maximum absolute atomic E-state index is 11.9. The Balaban J connectivity index is 1.92. The van der Waals surface area contributed by atoms with Gasteiger partial charge in [0.1, 0.15) is 0 Å². The van der Waals surface area contributed by atoms with Crippen LogP contribution in [0, 0.1) is 5.92 Å². The molecule has 1 amide bonds. The third-order valence-electron chi connectivity index (χ3n) is 3.19. The Morgan fingerprint density at radius 1 is 1.53 bits per heavy atom. The van der Waals surface area contributed by atoms with Crippen LogP contribution in [0.2, 0.25) is 5.22 Å². The van der Waals surface area contributed by atoms with Crippen molar-refractivity contribution in [3.8, 4) is 0 Å². The molecule has 0 bridgehead atoms. The third-order valence-corrected chi connectivity index (χ3v) is 3.49. The zero-order valence-electron chi connectivity index (χ0n) is 9.74. The molecule has 0 aliphatic carbocycles. The Morgan fingerprint density at radius 3 is 2.82 bits per heavy atom. The van der Waals surface area contributed by atoms with Gasteiger partial charge in [0, 0.05) is 19.3 Å². The molecular weight excluding hydrogens is 242 g/mol. The zero-order chi connectivity index (χ0) is 12.3. The van der Waals surface area contributed by atoms with Crippen molar-refractivity contribution in [2.45, 2.75) is 25.8 Å². The fourth-order valence-corrected chi connectivity index (χ4v) is 2.27. The van der Waals surface area contributed by atoms with Gasteiger partial charge in [-0.15, -0.1) is 0 Å². The fraction of sp³-hybridized carbons (Fsp3) is 0.583. The predicted octanol–water partition coefficient (Wildman–Crippen LogP) is 2.48. The van der Waals surface area contributed by atoms with E-state index < -0.39 is 0 Å². The topological polar surface area (TPSA) is 51.5 Å². The van der Waals surface area contributed by atoms with E-state index in [0.29, 0.717) is 11.5 Å². The van der Waals surface area contributed by atoms with Crippen LogP contribution in [-0.2, 0) is 4.74 Å². The molecule has 0 spiro atoms. The molecule has 1 saturated heterocycles. The lowest BCUT2D eigenvalue weighted by atomic mass is 9.93. The summed E-state index contributed by atoms with van der Waals surface area (Å²) in [4.78, 5) is 11.9. The average molecular weight is 258 g/mol. The van der Waals surface area contributed by atoms with Crippen molar-refractivity contribution >= 4 is 17.5 Å². The molecule has 2 heterocycles. The van der Waals surface area contributed by atoms with Gasteiger partial charge in [-0.05, 0) is 43.4 Å². The summed E-state index contributed by atoms with van der Waals surface area (Å²) in [6.07, 6.45) is 3.39. The van der Waals surface area contributed by atoms with E-state index in [1.165, 1.54) is 6.26 Å². The molecule has 4 nitrogen and oxygen atoms in total. The Labute approximate surface area is 105 Å². The number of furan rings is 1. The Morgan fingerprint density at radius 2 is 2.24 bits per heavy atom. The molecule has 1 aliphatic heterocycles. The summed E-state index contributed by atoms with van der Waals surface area (Å²) in [5.41, 5.74) is 0.394. The number of halogens is 1. The first kappa shape index (κ1) is 12.5. The SMILES string of the molecule is CC(NC(=O)c1ccoc1Cl)C1CCOCC1. The van der Waals surface area contributed by atoms with E-state index in [0.717, 1.165) is 26.1 Å². The molecule has 1 aromatic rings. The monoisotopic (exact) mass is 257 g/mol. The van der Waals surface area contributed by atoms with Crippen molar-refractivity contribution in [1.29, 1.82) is 0 Å². The normalized spacial score (nSPS) is 18.9. The number of carbonyl (C=O) groups is 1. The molecule has 17 heavy (non-hydrogen) atoms. The maximum atomic E-state index is 11.9. The molecule has 0 saturated carbocycles. The largest absolute Gasteiger partial charge is 0.452 e. The second-order valence-electron chi connectivity index (χ2n) is 4.32. The molecule has 5 heteroatoms. The number of hydrogen-bond donors (Lipinski definition) is 1. The fourth-order valence-electron chi connectivity index (χ4n) is 2.07. The van der Waals surface area contributed by atoms with E-state index in [9.17, 15) is 4.79 Å². The number of ether oxygens (including phenoxy) is 1. The van der Waals surface area contributed by atoms with Crippen LogP contribution in [0.4, 0.5) is 0 Å². The molecule has 1 atom stereocenters. The van der Waals surface area contributed by atoms with Crippen LogP contribution < -0.4 is 5.32 Å². The van der Waals surface area contributed by atoms with E-state index in [2.05, 4.69) is 5.32 Å². The first-order chi connectivity index (χ1) is 8.18. The highest BCUT2D eigenvalue weighted by Gasteiger charge is 2.23. The zero-order valence-corrected chi connectivity index (χ0v) is 10.5. The number of hydrogen-bond acceptors (Lipinski definition) is 3. The van der Waals surface area contributed by atoms with E-state index in [1.54, 1.807) is 6.07 Å². The third kappa shape index (κ3) is 3.01. The van der Waals surface area contributed by atoms with E-state index in [4.69, 9.17) is 20.8 Å². The first-order valence-electron chi connectivity index (χ1n) is 5.80. The quantitative estimate of drug-likeness (QED) is 0.905. The van der Waals surface area contributed by atoms with E-state index >= 15 is 0 Å². The van der Waals surface area contributed by atoms with Crippen molar-refractivity contribution in [3.63, 3.8) is 0 Å². The van der Waals surface area contributed by atoms with Crippen molar-refractivity contribution in [2.75, 3.05) is 13.2 Å². The maximum Gasteiger partial charge on any atom is 0.256 e. The van der Waals surface area contributed by atoms with Crippen LogP contribution in [0.5, 0.6) is 0 Å². The molecule has 94 valence electrons. The number of nitrogens with one attached hydrogen (secondary N) is 1. The molecule has 1 aromatic heterocycles. The molecule has 0 aromatic carbocycles. The van der Waals surface area contributed by atoms with Gasteiger partial charge in [-0.2, -0.15) is 0 Å². The Bertz CT molecular complexity index is 385. The summed E-state index contributed by atoms with van der Waals surface area (Å²) < 4.78 is 10.2. The van der Waals surface area contributed by atoms with Gasteiger partial charge in [0.2, 0.25) is 5.22 Å². The minimum absolute atomic E-state index is 0.123. The van der Waals surface area contributed by atoms with Gasteiger partial charge in [0.25, 0.3) is 5.91 Å². The smallest absolute Gasteiger partial charge is 0.256 e. The van der Waals surface area contributed by atoms with E-state index in [-0.39, 0.29) is 17.2 Å². The Hall–Kier alpha value is -1.00. The van der Waals surface area contributed by atoms with E-state index in [1.807, 2.05) is 6.92 Å². The Kier molecular flexibility index (Phi) is 4.07. The summed E-state index contributed by atoms with van der Waals surface area (Å²) in [6.45, 7) is 3.57. The highest BCUT2D eigenvalue weighted by molar-refractivity contribution is 6.32. The van der Waals surface area contributed by atoms with Crippen LogP contribution in [0.25, 0.3) is 0 Å². The summed E-state index contributed by atoms with van der Waals surface area (Å²) in [6, 6.07) is 1.70. The second kappa shape index (κ2) is 5.56. The summed E-state index contributed by atoms with van der Waals surface area (Å²) >= 11 is 5.76. The molecule has 1 fully saturated rings. The van der Waals surface area contributed by atoms with Crippen LogP contribution in [-0.4, -0.2) is 25.2 Å². The minimum atomic E-state index is -0.178. The van der Waals surface area contributed by atoms with Gasteiger partial charge in [-0.3, -0.25) is 4.79 Å². The number of rotatable bonds is 3. The molecular formula is C12H16ClNO3. The molecule has 0 radical (unpaired) electrons. The van der Waals surface area contributed by atoms with Crippen molar-refractivity contribution in [1.82, 2.24) is 5.32 Å². The summed E-state index contributed by atoms with van der Waals surface area (Å²) in [5, 5.41) is 3.09. The molecule has 1 N–H and O–H groups in total. The molecule has 1 unspecified atom stereocenters. The lowest BCUT2D eigenvalue weighted by molar-refractivity contribution is 0.0538. The van der Waals surface area contributed by atoms with Gasteiger partial charge in [-0.25, -0.2) is 0 Å². The lowest BCUT2D eigenvalue weighted by Crippen LogP contribution is -2.40. The summed E-state index contributed by atoms with van der Waals surface area (Å²) in [7, 11) is 0. The minimum Gasteiger partial charge on any atom is -0.452 e. The molecule has 1 aliphatic rings. The number of amides is 1.